The summed E-state index contributed by atoms with van der Waals surface area (Å²) in [5, 5.41) is 8.92. The van der Waals surface area contributed by atoms with Gasteiger partial charge in [0.25, 0.3) is 0 Å². The van der Waals surface area contributed by atoms with Gasteiger partial charge in [0.05, 0.1) is 6.54 Å². The molecular formula is C14H13N3O. The largest absolute Gasteiger partial charge is 0.335 e. The molecule has 4 nitrogen and oxygen atoms in total. The molecule has 2 N–H and O–H groups in total. The number of nitrogens with zero attached hydrogens (tertiary/aromatic N) is 2. The molecule has 1 aromatic carbocycles. The lowest BCUT2D eigenvalue weighted by Gasteiger charge is -2.06. The molecule has 1 heterocycles. The molecule has 0 atom stereocenters. The first-order valence-corrected chi connectivity index (χ1v) is 5.57. The minimum Gasteiger partial charge on any atom is -0.335 e. The predicted molar refractivity (Wildman–Crippen MR) is 68.9 cm³/mol. The second-order valence-corrected chi connectivity index (χ2v) is 3.98. The van der Waals surface area contributed by atoms with Gasteiger partial charge in [0.2, 0.25) is 0 Å². The van der Waals surface area contributed by atoms with Gasteiger partial charge in [0.15, 0.2) is 5.78 Å². The Bertz CT molecular complexity index is 635. The highest BCUT2D eigenvalue weighted by Gasteiger charge is 2.09. The summed E-state index contributed by atoms with van der Waals surface area (Å²) in [6.07, 6.45) is 0. The van der Waals surface area contributed by atoms with Crippen LogP contribution in [0.5, 0.6) is 0 Å². The lowest BCUT2D eigenvalue weighted by Crippen LogP contribution is -2.13. The zero-order valence-corrected chi connectivity index (χ0v) is 10.1. The second-order valence-electron chi connectivity index (χ2n) is 3.98. The van der Waals surface area contributed by atoms with Crippen molar-refractivity contribution >= 4 is 5.78 Å². The summed E-state index contributed by atoms with van der Waals surface area (Å²) in [6.45, 7) is 0.0000355. The summed E-state index contributed by atoms with van der Waals surface area (Å²) in [6, 6.07) is 13.0. The van der Waals surface area contributed by atoms with Crippen LogP contribution in [0.2, 0.25) is 0 Å². The molecule has 0 unspecified atom stereocenters. The molecule has 0 aliphatic carbocycles. The van der Waals surface area contributed by atoms with Crippen molar-refractivity contribution in [3.8, 4) is 17.3 Å². The fourth-order valence-electron chi connectivity index (χ4n) is 1.88. The van der Waals surface area contributed by atoms with Crippen LogP contribution >= 0.6 is 0 Å². The van der Waals surface area contributed by atoms with Crippen molar-refractivity contribution in [3.05, 3.63) is 47.7 Å². The number of hydrogen-bond donors (Lipinski definition) is 1. The fraction of sp³-hybridized carbons (Fsp3) is 0.143. The molecule has 18 heavy (non-hydrogen) atoms. The summed E-state index contributed by atoms with van der Waals surface area (Å²) >= 11 is 0. The van der Waals surface area contributed by atoms with Gasteiger partial charge in [-0.3, -0.25) is 4.79 Å². The molecular weight excluding hydrogens is 226 g/mol. The molecule has 0 fully saturated rings. The summed E-state index contributed by atoms with van der Waals surface area (Å²) < 4.78 is 1.80. The van der Waals surface area contributed by atoms with Gasteiger partial charge in [-0.1, -0.05) is 18.2 Å². The smallest absolute Gasteiger partial charge is 0.176 e. The molecule has 0 saturated heterocycles. The van der Waals surface area contributed by atoms with Crippen LogP contribution in [-0.4, -0.2) is 16.9 Å². The molecule has 2 aromatic rings. The van der Waals surface area contributed by atoms with E-state index in [0.717, 1.165) is 11.3 Å². The first kappa shape index (κ1) is 12.1. The molecule has 0 bridgehead atoms. The van der Waals surface area contributed by atoms with E-state index in [1.165, 1.54) is 0 Å². The van der Waals surface area contributed by atoms with Crippen LogP contribution in [0.25, 0.3) is 11.3 Å². The molecule has 90 valence electrons. The Hall–Kier alpha value is -2.38. The van der Waals surface area contributed by atoms with Crippen LogP contribution < -0.4 is 5.73 Å². The fourth-order valence-corrected chi connectivity index (χ4v) is 1.88. The lowest BCUT2D eigenvalue weighted by molar-refractivity contribution is 0.100. The highest BCUT2D eigenvalue weighted by molar-refractivity contribution is 5.98. The van der Waals surface area contributed by atoms with E-state index in [1.807, 2.05) is 25.2 Å². The van der Waals surface area contributed by atoms with Crippen molar-refractivity contribution in [3.63, 3.8) is 0 Å². The third-order valence-electron chi connectivity index (χ3n) is 2.90. The zero-order chi connectivity index (χ0) is 13.1. The maximum Gasteiger partial charge on any atom is 0.176 e. The van der Waals surface area contributed by atoms with Crippen molar-refractivity contribution in [1.29, 1.82) is 5.26 Å². The number of carbonyl (C=O) groups is 1. The first-order valence-electron chi connectivity index (χ1n) is 5.57. The normalized spacial score (nSPS) is 10.1. The number of hydrogen-bond acceptors (Lipinski definition) is 3. The van der Waals surface area contributed by atoms with E-state index in [2.05, 4.69) is 6.07 Å². The van der Waals surface area contributed by atoms with Crippen LogP contribution in [0.4, 0.5) is 0 Å². The number of Topliss-reactive ketones (excluding diaryl/α,β-unsaturated/α-hetero) is 1. The Labute approximate surface area is 105 Å². The third-order valence-corrected chi connectivity index (χ3v) is 2.90. The van der Waals surface area contributed by atoms with Crippen LogP contribution in [0.15, 0.2) is 36.4 Å². The van der Waals surface area contributed by atoms with Crippen molar-refractivity contribution in [2.45, 2.75) is 0 Å². The molecule has 0 aliphatic heterocycles. The van der Waals surface area contributed by atoms with Gasteiger partial charge in [-0.2, -0.15) is 5.26 Å². The number of benzene rings is 1. The van der Waals surface area contributed by atoms with Gasteiger partial charge in [0.1, 0.15) is 11.8 Å². The Kier molecular flexibility index (Phi) is 3.26. The zero-order valence-electron chi connectivity index (χ0n) is 10.1. The minimum atomic E-state index is -0.0911. The molecule has 0 spiro atoms. The third kappa shape index (κ3) is 2.04. The van der Waals surface area contributed by atoms with E-state index in [1.54, 1.807) is 22.8 Å². The molecule has 0 saturated carbocycles. The van der Waals surface area contributed by atoms with Gasteiger partial charge in [-0.05, 0) is 23.8 Å². The lowest BCUT2D eigenvalue weighted by atomic mass is 10.1. The van der Waals surface area contributed by atoms with E-state index in [-0.39, 0.29) is 12.3 Å². The maximum absolute atomic E-state index is 11.6. The molecule has 1 aromatic heterocycles. The topological polar surface area (TPSA) is 71.8 Å². The minimum absolute atomic E-state index is 0.0000355. The molecule has 0 aliphatic rings. The second kappa shape index (κ2) is 4.86. The van der Waals surface area contributed by atoms with E-state index < -0.39 is 0 Å². The van der Waals surface area contributed by atoms with E-state index in [0.29, 0.717) is 11.3 Å². The van der Waals surface area contributed by atoms with Crippen LogP contribution in [0.3, 0.4) is 0 Å². The number of nitriles is 1. The van der Waals surface area contributed by atoms with Gasteiger partial charge < -0.3 is 10.3 Å². The highest BCUT2D eigenvalue weighted by Crippen LogP contribution is 2.22. The van der Waals surface area contributed by atoms with E-state index >= 15 is 0 Å². The monoisotopic (exact) mass is 239 g/mol. The number of carbonyl (C=O) groups excluding carboxylic acids is 1. The molecule has 4 heteroatoms. The van der Waals surface area contributed by atoms with Crippen molar-refractivity contribution < 1.29 is 4.79 Å². The number of rotatable bonds is 3. The SMILES string of the molecule is Cn1c(C#N)ccc1-c1cccc(C(=O)CN)c1. The van der Waals surface area contributed by atoms with Gasteiger partial charge >= 0.3 is 0 Å². The van der Waals surface area contributed by atoms with Crippen molar-refractivity contribution in [2.24, 2.45) is 12.8 Å². The molecule has 0 amide bonds. The maximum atomic E-state index is 11.6. The van der Waals surface area contributed by atoms with Crippen molar-refractivity contribution in [2.75, 3.05) is 6.54 Å². The Morgan fingerprint density at radius 2 is 2.17 bits per heavy atom. The van der Waals surface area contributed by atoms with Gasteiger partial charge in [-0.15, -0.1) is 0 Å². The van der Waals surface area contributed by atoms with E-state index in [9.17, 15) is 4.79 Å². The summed E-state index contributed by atoms with van der Waals surface area (Å²) in [4.78, 5) is 11.6. The van der Waals surface area contributed by atoms with Crippen LogP contribution in [0, 0.1) is 11.3 Å². The Morgan fingerprint density at radius 3 is 2.78 bits per heavy atom. The van der Waals surface area contributed by atoms with Gasteiger partial charge in [-0.25, -0.2) is 0 Å². The Balaban J connectivity index is 2.48. The standard InChI is InChI=1S/C14H13N3O/c1-17-12(8-15)5-6-13(17)10-3-2-4-11(7-10)14(18)9-16/h2-7H,9,16H2,1H3. The first-order chi connectivity index (χ1) is 8.67. The number of nitrogens with two attached hydrogens (primary N) is 1. The average molecular weight is 239 g/mol. The number of ketones is 1. The van der Waals surface area contributed by atoms with E-state index in [4.69, 9.17) is 11.0 Å². The highest BCUT2D eigenvalue weighted by atomic mass is 16.1. The van der Waals surface area contributed by atoms with Gasteiger partial charge in [0, 0.05) is 18.3 Å². The molecule has 0 radical (unpaired) electrons. The predicted octanol–water partition coefficient (Wildman–Crippen LogP) is 1.71. The quantitative estimate of drug-likeness (QED) is 0.829. The summed E-state index contributed by atoms with van der Waals surface area (Å²) in [5.41, 5.74) is 8.33. The summed E-state index contributed by atoms with van der Waals surface area (Å²) in [5.74, 6) is -0.0911. The average Bonchev–Trinajstić information content (AvgIpc) is 2.79. The molecule has 2 rings (SSSR count). The van der Waals surface area contributed by atoms with Crippen LogP contribution in [0.1, 0.15) is 16.1 Å². The number of aromatic nitrogens is 1. The van der Waals surface area contributed by atoms with Crippen LogP contribution in [-0.2, 0) is 7.05 Å². The Morgan fingerprint density at radius 1 is 1.39 bits per heavy atom. The summed E-state index contributed by atoms with van der Waals surface area (Å²) in [7, 11) is 1.82. The van der Waals surface area contributed by atoms with Crippen molar-refractivity contribution in [1.82, 2.24) is 4.57 Å².